The topological polar surface area (TPSA) is 124 Å². The standard InChI is InChI=1S/C29H30N2O8S/c1-7-38-18-10-11-19(15(3)13-18)24(32)22-23(17-9-12-20(36-5)21(14-17)37-6)31(27(34)25(22)33)29-30-16(4)26(40-29)28(35)39-8-2/h9-14,23,32H,7-8H2,1-6H3/t23-/m1/s1. The van der Waals surface area contributed by atoms with Gasteiger partial charge in [-0.1, -0.05) is 17.4 Å². The Morgan fingerprint density at radius 2 is 1.75 bits per heavy atom. The van der Waals surface area contributed by atoms with Gasteiger partial charge in [-0.2, -0.15) is 0 Å². The molecule has 4 rings (SSSR count). The van der Waals surface area contributed by atoms with E-state index in [1.54, 1.807) is 57.2 Å². The number of Topliss-reactive ketones (excluding diaryl/α,β-unsaturated/α-hetero) is 1. The Morgan fingerprint density at radius 1 is 1.02 bits per heavy atom. The second-order valence-electron chi connectivity index (χ2n) is 8.82. The van der Waals surface area contributed by atoms with E-state index < -0.39 is 23.7 Å². The highest BCUT2D eigenvalue weighted by molar-refractivity contribution is 7.17. The highest BCUT2D eigenvalue weighted by Gasteiger charge is 2.48. The zero-order valence-corrected chi connectivity index (χ0v) is 23.9. The number of aryl methyl sites for hydroxylation is 2. The smallest absolute Gasteiger partial charge is 0.350 e. The number of thiazole rings is 1. The minimum absolute atomic E-state index is 0.116. The van der Waals surface area contributed by atoms with Gasteiger partial charge in [-0.05, 0) is 69.2 Å². The number of anilines is 1. The fraction of sp³-hybridized carbons (Fsp3) is 0.310. The maximum absolute atomic E-state index is 13.6. The van der Waals surface area contributed by atoms with Gasteiger partial charge in [0.05, 0.1) is 44.7 Å². The first-order chi connectivity index (χ1) is 19.2. The number of esters is 1. The summed E-state index contributed by atoms with van der Waals surface area (Å²) >= 11 is 0.937. The normalized spacial score (nSPS) is 16.2. The zero-order valence-electron chi connectivity index (χ0n) is 23.1. The minimum atomic E-state index is -1.08. The van der Waals surface area contributed by atoms with Crippen LogP contribution in [0, 0.1) is 13.8 Å². The number of rotatable bonds is 9. The van der Waals surface area contributed by atoms with Gasteiger partial charge in [-0.25, -0.2) is 9.78 Å². The summed E-state index contributed by atoms with van der Waals surface area (Å²) in [5, 5.41) is 11.7. The molecule has 3 aromatic rings. The lowest BCUT2D eigenvalue weighted by atomic mass is 9.93. The Labute approximate surface area is 235 Å². The van der Waals surface area contributed by atoms with Crippen molar-refractivity contribution in [2.75, 3.05) is 32.3 Å². The average Bonchev–Trinajstić information content (AvgIpc) is 3.44. The molecule has 0 unspecified atom stereocenters. The molecule has 0 bridgehead atoms. The van der Waals surface area contributed by atoms with Crippen molar-refractivity contribution in [3.63, 3.8) is 0 Å². The fourth-order valence-corrected chi connectivity index (χ4v) is 5.53. The third-order valence-electron chi connectivity index (χ3n) is 6.38. The number of carbonyl (C=O) groups excluding carboxylic acids is 3. The summed E-state index contributed by atoms with van der Waals surface area (Å²) < 4.78 is 21.5. The number of hydrogen-bond acceptors (Lipinski definition) is 10. The van der Waals surface area contributed by atoms with Crippen LogP contribution in [0.5, 0.6) is 17.2 Å². The molecule has 1 amide bonds. The molecule has 0 radical (unpaired) electrons. The molecule has 1 atom stereocenters. The number of aromatic nitrogens is 1. The van der Waals surface area contributed by atoms with E-state index in [1.165, 1.54) is 19.1 Å². The number of carbonyl (C=O) groups is 3. The quantitative estimate of drug-likeness (QED) is 0.165. The van der Waals surface area contributed by atoms with E-state index in [2.05, 4.69) is 4.98 Å². The summed E-state index contributed by atoms with van der Waals surface area (Å²) in [4.78, 5) is 45.5. The van der Waals surface area contributed by atoms with Crippen LogP contribution in [0.2, 0.25) is 0 Å². The number of nitrogens with zero attached hydrogens (tertiary/aromatic N) is 2. The molecule has 10 nitrogen and oxygen atoms in total. The molecule has 210 valence electrons. The molecule has 1 aromatic heterocycles. The molecule has 1 saturated heterocycles. The van der Waals surface area contributed by atoms with Crippen LogP contribution in [0.1, 0.15) is 51.9 Å². The van der Waals surface area contributed by atoms with Crippen molar-refractivity contribution in [3.05, 3.63) is 69.2 Å². The lowest BCUT2D eigenvalue weighted by Gasteiger charge is -2.24. The van der Waals surface area contributed by atoms with Gasteiger partial charge < -0.3 is 24.1 Å². The summed E-state index contributed by atoms with van der Waals surface area (Å²) in [6.07, 6.45) is 0. The first-order valence-corrected chi connectivity index (χ1v) is 13.4. The van der Waals surface area contributed by atoms with E-state index in [0.29, 0.717) is 46.2 Å². The fourth-order valence-electron chi connectivity index (χ4n) is 4.54. The molecule has 0 spiro atoms. The molecular weight excluding hydrogens is 536 g/mol. The molecule has 2 aromatic carbocycles. The van der Waals surface area contributed by atoms with E-state index in [9.17, 15) is 19.5 Å². The molecule has 1 aliphatic heterocycles. The molecule has 40 heavy (non-hydrogen) atoms. The van der Waals surface area contributed by atoms with E-state index in [0.717, 1.165) is 11.3 Å². The first-order valence-electron chi connectivity index (χ1n) is 12.6. The third kappa shape index (κ3) is 5.12. The lowest BCUT2D eigenvalue weighted by molar-refractivity contribution is -0.132. The van der Waals surface area contributed by atoms with E-state index in [4.69, 9.17) is 18.9 Å². The van der Waals surface area contributed by atoms with Crippen LogP contribution in [0.3, 0.4) is 0 Å². The molecule has 1 N–H and O–H groups in total. The van der Waals surface area contributed by atoms with Crippen molar-refractivity contribution in [1.82, 2.24) is 4.98 Å². The summed E-state index contributed by atoms with van der Waals surface area (Å²) in [7, 11) is 2.96. The van der Waals surface area contributed by atoms with Crippen molar-refractivity contribution in [3.8, 4) is 17.2 Å². The Morgan fingerprint density at radius 3 is 2.38 bits per heavy atom. The van der Waals surface area contributed by atoms with Crippen LogP contribution in [-0.2, 0) is 14.3 Å². The van der Waals surface area contributed by atoms with E-state index in [-0.39, 0.29) is 27.9 Å². The monoisotopic (exact) mass is 566 g/mol. The first kappa shape index (κ1) is 28.6. The Bertz CT molecular complexity index is 1510. The minimum Gasteiger partial charge on any atom is -0.507 e. The lowest BCUT2D eigenvalue weighted by Crippen LogP contribution is -2.29. The van der Waals surface area contributed by atoms with E-state index in [1.807, 2.05) is 6.92 Å². The van der Waals surface area contributed by atoms with Gasteiger partial charge in [0, 0.05) is 5.56 Å². The highest BCUT2D eigenvalue weighted by Crippen LogP contribution is 2.46. The predicted molar refractivity (Wildman–Crippen MR) is 149 cm³/mol. The number of ketones is 1. The molecule has 11 heteroatoms. The van der Waals surface area contributed by atoms with Gasteiger partial charge in [-0.3, -0.25) is 14.5 Å². The number of hydrogen-bond donors (Lipinski definition) is 1. The van der Waals surface area contributed by atoms with Crippen LogP contribution in [-0.4, -0.2) is 55.2 Å². The Balaban J connectivity index is 1.95. The number of ether oxygens (including phenoxy) is 4. The SMILES string of the molecule is CCOC(=O)c1sc(N2C(=O)C(=O)C(=C(O)c3ccc(OCC)cc3C)[C@H]2c2ccc(OC)c(OC)c2)nc1C. The third-order valence-corrected chi connectivity index (χ3v) is 7.52. The van der Waals surface area contributed by atoms with Gasteiger partial charge in [0.1, 0.15) is 16.4 Å². The van der Waals surface area contributed by atoms with Crippen LogP contribution in [0.4, 0.5) is 5.13 Å². The maximum atomic E-state index is 13.6. The molecule has 2 heterocycles. The number of amides is 1. The number of methoxy groups -OCH3 is 2. The van der Waals surface area contributed by atoms with Gasteiger partial charge >= 0.3 is 11.9 Å². The van der Waals surface area contributed by atoms with E-state index >= 15 is 0 Å². The molecule has 0 saturated carbocycles. The molecular formula is C29H30N2O8S. The average molecular weight is 567 g/mol. The van der Waals surface area contributed by atoms with Crippen molar-refractivity contribution < 1.29 is 38.4 Å². The largest absolute Gasteiger partial charge is 0.507 e. The Kier molecular flexibility index (Phi) is 8.43. The van der Waals surface area contributed by atoms with Crippen LogP contribution < -0.4 is 19.1 Å². The summed E-state index contributed by atoms with van der Waals surface area (Å²) in [6, 6.07) is 8.95. The highest BCUT2D eigenvalue weighted by atomic mass is 32.1. The summed E-state index contributed by atoms with van der Waals surface area (Å²) in [5.41, 5.74) is 1.71. The van der Waals surface area contributed by atoms with Gasteiger partial charge in [0.25, 0.3) is 5.78 Å². The Hall–Kier alpha value is -4.38. The summed E-state index contributed by atoms with van der Waals surface area (Å²) in [6.45, 7) is 7.58. The van der Waals surface area contributed by atoms with Crippen LogP contribution in [0.25, 0.3) is 5.76 Å². The molecule has 1 fully saturated rings. The molecule has 0 aliphatic carbocycles. The van der Waals surface area contributed by atoms with Gasteiger partial charge in [0.15, 0.2) is 16.6 Å². The van der Waals surface area contributed by atoms with Gasteiger partial charge in [0.2, 0.25) is 0 Å². The summed E-state index contributed by atoms with van der Waals surface area (Å²) in [5.74, 6) is -1.29. The van der Waals surface area contributed by atoms with Gasteiger partial charge in [-0.15, -0.1) is 0 Å². The van der Waals surface area contributed by atoms with Crippen LogP contribution >= 0.6 is 11.3 Å². The second-order valence-corrected chi connectivity index (χ2v) is 9.80. The maximum Gasteiger partial charge on any atom is 0.350 e. The number of aliphatic hydroxyl groups is 1. The number of benzene rings is 2. The number of aliphatic hydroxyl groups excluding tert-OH is 1. The van der Waals surface area contributed by atoms with Crippen LogP contribution in [0.15, 0.2) is 42.0 Å². The second kappa shape index (κ2) is 11.8. The zero-order chi connectivity index (χ0) is 29.1. The van der Waals surface area contributed by atoms with Crippen molar-refractivity contribution in [2.45, 2.75) is 33.7 Å². The van der Waals surface area contributed by atoms with Crippen molar-refractivity contribution in [1.29, 1.82) is 0 Å². The molecule has 1 aliphatic rings. The van der Waals surface area contributed by atoms with Crippen molar-refractivity contribution in [2.24, 2.45) is 0 Å². The predicted octanol–water partition coefficient (Wildman–Crippen LogP) is 4.98. The van der Waals surface area contributed by atoms with Crippen molar-refractivity contribution >= 4 is 39.9 Å².